The maximum Gasteiger partial charge on any atom is 0.321 e. The number of aliphatic carboxylic acids is 1. The van der Waals surface area contributed by atoms with E-state index < -0.39 is 17.4 Å². The average molecular weight is 249 g/mol. The van der Waals surface area contributed by atoms with Gasteiger partial charge in [0.1, 0.15) is 6.04 Å². The number of nitrogens with two attached hydrogens (primary N) is 1. The number of hydrogen-bond donors (Lipinski definition) is 2. The van der Waals surface area contributed by atoms with Gasteiger partial charge in [-0.2, -0.15) is 0 Å². The minimum Gasteiger partial charge on any atom is -0.480 e. The number of carboxylic acid groups (broad SMARTS) is 1. The summed E-state index contributed by atoms with van der Waals surface area (Å²) in [5.41, 5.74) is 7.43. The molecule has 1 fully saturated rings. The summed E-state index contributed by atoms with van der Waals surface area (Å²) in [6, 6.07) is 7.10. The molecule has 0 bridgehead atoms. The molecule has 98 valence electrons. The number of ether oxygens (including phenoxy) is 1. The third-order valence-corrected chi connectivity index (χ3v) is 3.73. The largest absolute Gasteiger partial charge is 0.480 e. The van der Waals surface area contributed by atoms with Crippen LogP contribution in [0.3, 0.4) is 0 Å². The highest BCUT2D eigenvalue weighted by molar-refractivity contribution is 5.76. The predicted octanol–water partition coefficient (Wildman–Crippen LogP) is 1.49. The molecule has 0 aromatic heterocycles. The highest BCUT2D eigenvalue weighted by Crippen LogP contribution is 2.35. The lowest BCUT2D eigenvalue weighted by Crippen LogP contribution is -2.61. The molecule has 1 aromatic rings. The number of carboxylic acids is 1. The van der Waals surface area contributed by atoms with Crippen molar-refractivity contribution in [3.05, 3.63) is 35.4 Å². The molecule has 2 rings (SSSR count). The first kappa shape index (κ1) is 13.1. The Kier molecular flexibility index (Phi) is 3.41. The Morgan fingerprint density at radius 2 is 1.89 bits per heavy atom. The topological polar surface area (TPSA) is 72.6 Å². The molecule has 0 radical (unpaired) electrons. The van der Waals surface area contributed by atoms with Crippen molar-refractivity contribution in [3.63, 3.8) is 0 Å². The molecule has 1 atom stereocenters. The SMILES string of the molecule is CC(C)c1ccc(C2(C(N)C(=O)O)COC2)cc1. The normalized spacial score (nSPS) is 19.3. The zero-order valence-electron chi connectivity index (χ0n) is 10.7. The van der Waals surface area contributed by atoms with Crippen LogP contribution in [-0.4, -0.2) is 30.3 Å². The summed E-state index contributed by atoms with van der Waals surface area (Å²) < 4.78 is 5.20. The second-order valence-corrected chi connectivity index (χ2v) is 5.24. The van der Waals surface area contributed by atoms with E-state index in [9.17, 15) is 4.79 Å². The zero-order valence-corrected chi connectivity index (χ0v) is 10.7. The Labute approximate surface area is 107 Å². The zero-order chi connectivity index (χ0) is 13.3. The molecule has 0 saturated carbocycles. The van der Waals surface area contributed by atoms with Gasteiger partial charge in [0, 0.05) is 0 Å². The van der Waals surface area contributed by atoms with E-state index in [1.54, 1.807) is 0 Å². The summed E-state index contributed by atoms with van der Waals surface area (Å²) >= 11 is 0. The Bertz CT molecular complexity index is 435. The molecular weight excluding hydrogens is 230 g/mol. The van der Waals surface area contributed by atoms with Crippen molar-refractivity contribution in [2.75, 3.05) is 13.2 Å². The molecule has 1 unspecified atom stereocenters. The summed E-state index contributed by atoms with van der Waals surface area (Å²) in [5.74, 6) is -0.521. The van der Waals surface area contributed by atoms with Crippen LogP contribution in [0.1, 0.15) is 30.9 Å². The summed E-state index contributed by atoms with van der Waals surface area (Å²) in [5, 5.41) is 9.11. The van der Waals surface area contributed by atoms with Crippen molar-refractivity contribution in [2.24, 2.45) is 5.73 Å². The van der Waals surface area contributed by atoms with Crippen LogP contribution in [0, 0.1) is 0 Å². The molecule has 0 spiro atoms. The maximum absolute atomic E-state index is 11.1. The van der Waals surface area contributed by atoms with E-state index in [2.05, 4.69) is 13.8 Å². The van der Waals surface area contributed by atoms with Crippen molar-refractivity contribution in [2.45, 2.75) is 31.2 Å². The Morgan fingerprint density at radius 3 is 2.22 bits per heavy atom. The first-order chi connectivity index (χ1) is 8.47. The van der Waals surface area contributed by atoms with Gasteiger partial charge in [0.05, 0.1) is 18.6 Å². The van der Waals surface area contributed by atoms with Gasteiger partial charge in [-0.15, -0.1) is 0 Å². The van der Waals surface area contributed by atoms with Gasteiger partial charge in [-0.3, -0.25) is 4.79 Å². The summed E-state index contributed by atoms with van der Waals surface area (Å²) in [4.78, 5) is 11.1. The van der Waals surface area contributed by atoms with E-state index in [1.807, 2.05) is 24.3 Å². The van der Waals surface area contributed by atoms with Crippen molar-refractivity contribution in [1.82, 2.24) is 0 Å². The van der Waals surface area contributed by atoms with Crippen LogP contribution in [0.2, 0.25) is 0 Å². The van der Waals surface area contributed by atoms with Crippen molar-refractivity contribution in [1.29, 1.82) is 0 Å². The first-order valence-electron chi connectivity index (χ1n) is 6.14. The van der Waals surface area contributed by atoms with Crippen LogP contribution in [-0.2, 0) is 14.9 Å². The minimum absolute atomic E-state index is 0.376. The van der Waals surface area contributed by atoms with E-state index in [1.165, 1.54) is 5.56 Å². The maximum atomic E-state index is 11.1. The highest BCUT2D eigenvalue weighted by Gasteiger charge is 2.48. The average Bonchev–Trinajstić information content (AvgIpc) is 2.28. The molecule has 18 heavy (non-hydrogen) atoms. The van der Waals surface area contributed by atoms with Crippen LogP contribution >= 0.6 is 0 Å². The summed E-state index contributed by atoms with van der Waals surface area (Å²) in [6.45, 7) is 5.00. The van der Waals surface area contributed by atoms with E-state index in [-0.39, 0.29) is 0 Å². The third-order valence-electron chi connectivity index (χ3n) is 3.73. The van der Waals surface area contributed by atoms with Crippen LogP contribution in [0.5, 0.6) is 0 Å². The van der Waals surface area contributed by atoms with Gasteiger partial charge in [0.25, 0.3) is 0 Å². The molecule has 1 saturated heterocycles. The molecule has 1 aliphatic rings. The molecule has 1 aromatic carbocycles. The third kappa shape index (κ3) is 2.02. The molecule has 1 aliphatic heterocycles. The van der Waals surface area contributed by atoms with Crippen molar-refractivity contribution >= 4 is 5.97 Å². The van der Waals surface area contributed by atoms with Gasteiger partial charge < -0.3 is 15.6 Å². The molecule has 1 heterocycles. The fourth-order valence-corrected chi connectivity index (χ4v) is 2.28. The van der Waals surface area contributed by atoms with Crippen LogP contribution in [0.15, 0.2) is 24.3 Å². The molecule has 0 amide bonds. The van der Waals surface area contributed by atoms with Crippen molar-refractivity contribution in [3.8, 4) is 0 Å². The standard InChI is InChI=1S/C14H19NO3/c1-9(2)10-3-5-11(6-4-10)14(7-18-8-14)12(15)13(16)17/h3-6,9,12H,7-8,15H2,1-2H3,(H,16,17). The summed E-state index contributed by atoms with van der Waals surface area (Å²) in [6.07, 6.45) is 0. The van der Waals surface area contributed by atoms with Crippen LogP contribution in [0.25, 0.3) is 0 Å². The van der Waals surface area contributed by atoms with E-state index >= 15 is 0 Å². The minimum atomic E-state index is -0.980. The van der Waals surface area contributed by atoms with Gasteiger partial charge in [-0.1, -0.05) is 38.1 Å². The number of hydrogen-bond acceptors (Lipinski definition) is 3. The number of carbonyl (C=O) groups is 1. The van der Waals surface area contributed by atoms with E-state index in [0.717, 1.165) is 5.56 Å². The summed E-state index contributed by atoms with van der Waals surface area (Å²) in [7, 11) is 0. The Morgan fingerprint density at radius 1 is 1.33 bits per heavy atom. The Hall–Kier alpha value is -1.39. The highest BCUT2D eigenvalue weighted by atomic mass is 16.5. The fraction of sp³-hybridized carbons (Fsp3) is 0.500. The predicted molar refractivity (Wildman–Crippen MR) is 68.6 cm³/mol. The number of rotatable bonds is 4. The molecule has 3 N–H and O–H groups in total. The first-order valence-corrected chi connectivity index (χ1v) is 6.14. The molecular formula is C14H19NO3. The number of benzene rings is 1. The van der Waals surface area contributed by atoms with Gasteiger partial charge in [0.15, 0.2) is 0 Å². The van der Waals surface area contributed by atoms with E-state index in [4.69, 9.17) is 15.6 Å². The van der Waals surface area contributed by atoms with Gasteiger partial charge in [0.2, 0.25) is 0 Å². The lowest BCUT2D eigenvalue weighted by molar-refractivity contribution is -0.148. The van der Waals surface area contributed by atoms with E-state index in [0.29, 0.717) is 19.1 Å². The second-order valence-electron chi connectivity index (χ2n) is 5.24. The van der Waals surface area contributed by atoms with Gasteiger partial charge in [-0.25, -0.2) is 0 Å². The van der Waals surface area contributed by atoms with Gasteiger partial charge >= 0.3 is 5.97 Å². The lowest BCUT2D eigenvalue weighted by Gasteiger charge is -2.44. The fourth-order valence-electron chi connectivity index (χ4n) is 2.28. The Balaban J connectivity index is 2.30. The van der Waals surface area contributed by atoms with Crippen LogP contribution in [0.4, 0.5) is 0 Å². The van der Waals surface area contributed by atoms with Gasteiger partial charge in [-0.05, 0) is 17.0 Å². The lowest BCUT2D eigenvalue weighted by atomic mass is 9.72. The smallest absolute Gasteiger partial charge is 0.321 e. The second kappa shape index (κ2) is 4.71. The molecule has 4 nitrogen and oxygen atoms in total. The quantitative estimate of drug-likeness (QED) is 0.848. The monoisotopic (exact) mass is 249 g/mol. The molecule has 0 aliphatic carbocycles. The van der Waals surface area contributed by atoms with Crippen LogP contribution < -0.4 is 5.73 Å². The van der Waals surface area contributed by atoms with Crippen molar-refractivity contribution < 1.29 is 14.6 Å². The molecule has 4 heteroatoms.